The van der Waals surface area contributed by atoms with Gasteiger partial charge in [-0.15, -0.1) is 5.10 Å². The minimum absolute atomic E-state index is 0.0643. The minimum Gasteiger partial charge on any atom is -0.410 e. The molecule has 7 nitrogen and oxygen atoms in total. The number of nitrogens with zero attached hydrogens (tertiary/aromatic N) is 2. The SMILES string of the molecule is CC(=O)N[C@@H](Cc1ccccc1)c1nnc(S(C)(=O)=O)o1. The number of carbonyl (C=O) groups excluding carboxylic acids is 1. The van der Waals surface area contributed by atoms with Gasteiger partial charge in [0.05, 0.1) is 0 Å². The van der Waals surface area contributed by atoms with Gasteiger partial charge in [0.25, 0.3) is 0 Å². The Morgan fingerprint density at radius 1 is 1.29 bits per heavy atom. The molecule has 1 aromatic carbocycles. The van der Waals surface area contributed by atoms with E-state index in [2.05, 4.69) is 15.5 Å². The largest absolute Gasteiger partial charge is 0.410 e. The number of benzene rings is 1. The van der Waals surface area contributed by atoms with E-state index in [1.54, 1.807) is 0 Å². The van der Waals surface area contributed by atoms with Crippen molar-refractivity contribution in [3.05, 3.63) is 41.8 Å². The number of hydrogen-bond donors (Lipinski definition) is 1. The van der Waals surface area contributed by atoms with E-state index >= 15 is 0 Å². The van der Waals surface area contributed by atoms with Crippen molar-refractivity contribution in [2.24, 2.45) is 0 Å². The average molecular weight is 309 g/mol. The second kappa shape index (κ2) is 6.04. The molecule has 8 heteroatoms. The van der Waals surface area contributed by atoms with Gasteiger partial charge in [0, 0.05) is 19.6 Å². The highest BCUT2D eigenvalue weighted by Crippen LogP contribution is 2.19. The molecule has 112 valence electrons. The summed E-state index contributed by atoms with van der Waals surface area (Å²) in [6, 6.07) is 8.83. The molecule has 0 spiro atoms. The van der Waals surface area contributed by atoms with E-state index in [9.17, 15) is 13.2 Å². The summed E-state index contributed by atoms with van der Waals surface area (Å²) in [4.78, 5) is 11.3. The van der Waals surface area contributed by atoms with Crippen LogP contribution in [0.5, 0.6) is 0 Å². The Hall–Kier alpha value is -2.22. The fraction of sp³-hybridized carbons (Fsp3) is 0.308. The maximum atomic E-state index is 11.4. The molecule has 1 heterocycles. The Kier molecular flexibility index (Phi) is 4.37. The molecule has 0 radical (unpaired) electrons. The van der Waals surface area contributed by atoms with Crippen molar-refractivity contribution in [1.82, 2.24) is 15.5 Å². The van der Waals surface area contributed by atoms with Crippen LogP contribution in [0, 0.1) is 0 Å². The van der Waals surface area contributed by atoms with Crippen LogP contribution in [-0.2, 0) is 21.1 Å². The van der Waals surface area contributed by atoms with Crippen LogP contribution in [0.15, 0.2) is 40.0 Å². The van der Waals surface area contributed by atoms with Gasteiger partial charge in [0.15, 0.2) is 0 Å². The molecular formula is C13H15N3O4S. The van der Waals surface area contributed by atoms with Crippen LogP contribution in [0.4, 0.5) is 0 Å². The Morgan fingerprint density at radius 3 is 2.48 bits per heavy atom. The quantitative estimate of drug-likeness (QED) is 0.880. The zero-order valence-corrected chi connectivity index (χ0v) is 12.4. The molecule has 0 bridgehead atoms. The Morgan fingerprint density at radius 2 is 1.95 bits per heavy atom. The average Bonchev–Trinajstić information content (AvgIpc) is 2.88. The van der Waals surface area contributed by atoms with Gasteiger partial charge in [-0.3, -0.25) is 4.79 Å². The van der Waals surface area contributed by atoms with Crippen molar-refractivity contribution in [3.8, 4) is 0 Å². The van der Waals surface area contributed by atoms with Crippen LogP contribution >= 0.6 is 0 Å². The number of amides is 1. The third-order valence-electron chi connectivity index (χ3n) is 2.70. The van der Waals surface area contributed by atoms with Crippen LogP contribution in [0.25, 0.3) is 0 Å². The Balaban J connectivity index is 2.28. The van der Waals surface area contributed by atoms with E-state index in [1.807, 2.05) is 30.3 Å². The molecule has 2 aromatic rings. The number of carbonyl (C=O) groups is 1. The number of sulfone groups is 1. The van der Waals surface area contributed by atoms with Crippen LogP contribution < -0.4 is 5.32 Å². The van der Waals surface area contributed by atoms with E-state index in [0.717, 1.165) is 11.8 Å². The maximum Gasteiger partial charge on any atom is 0.335 e. The van der Waals surface area contributed by atoms with E-state index in [-0.39, 0.29) is 11.8 Å². The molecule has 0 aliphatic rings. The number of hydrogen-bond acceptors (Lipinski definition) is 6. The van der Waals surface area contributed by atoms with Gasteiger partial charge in [-0.1, -0.05) is 35.4 Å². The molecule has 0 fully saturated rings. The number of aromatic nitrogens is 2. The highest BCUT2D eigenvalue weighted by atomic mass is 32.2. The third-order valence-corrected chi connectivity index (χ3v) is 3.50. The van der Waals surface area contributed by atoms with Gasteiger partial charge < -0.3 is 9.73 Å². The summed E-state index contributed by atoms with van der Waals surface area (Å²) in [6.07, 6.45) is 1.40. The first kappa shape index (κ1) is 15.2. The monoisotopic (exact) mass is 309 g/mol. The van der Waals surface area contributed by atoms with Crippen molar-refractivity contribution in [1.29, 1.82) is 0 Å². The summed E-state index contributed by atoms with van der Waals surface area (Å²) in [7, 11) is -3.57. The maximum absolute atomic E-state index is 11.4. The van der Waals surface area contributed by atoms with Crippen molar-refractivity contribution in [2.45, 2.75) is 24.6 Å². The van der Waals surface area contributed by atoms with Crippen LogP contribution in [0.3, 0.4) is 0 Å². The second-order valence-electron chi connectivity index (χ2n) is 4.62. The molecule has 0 saturated heterocycles. The van der Waals surface area contributed by atoms with Crippen molar-refractivity contribution in [2.75, 3.05) is 6.26 Å². The fourth-order valence-electron chi connectivity index (χ4n) is 1.81. The van der Waals surface area contributed by atoms with Gasteiger partial charge in [-0.2, -0.15) is 0 Å². The first-order valence-electron chi connectivity index (χ1n) is 6.21. The van der Waals surface area contributed by atoms with Gasteiger partial charge in [0.1, 0.15) is 6.04 Å². The molecule has 0 aliphatic carbocycles. The van der Waals surface area contributed by atoms with Gasteiger partial charge in [-0.05, 0) is 5.56 Å². The van der Waals surface area contributed by atoms with E-state index < -0.39 is 21.1 Å². The molecule has 0 unspecified atom stereocenters. The molecule has 0 saturated carbocycles. The zero-order valence-electron chi connectivity index (χ0n) is 11.6. The van der Waals surface area contributed by atoms with Gasteiger partial charge in [-0.25, -0.2) is 8.42 Å². The molecule has 2 rings (SSSR count). The lowest BCUT2D eigenvalue weighted by molar-refractivity contribution is -0.119. The molecule has 21 heavy (non-hydrogen) atoms. The van der Waals surface area contributed by atoms with E-state index in [4.69, 9.17) is 4.42 Å². The highest BCUT2D eigenvalue weighted by Gasteiger charge is 2.23. The summed E-state index contributed by atoms with van der Waals surface area (Å²) in [6.45, 7) is 1.37. The van der Waals surface area contributed by atoms with Crippen molar-refractivity contribution < 1.29 is 17.6 Å². The number of rotatable bonds is 5. The molecule has 1 atom stereocenters. The van der Waals surface area contributed by atoms with Crippen LogP contribution in [-0.4, -0.2) is 30.8 Å². The fourth-order valence-corrected chi connectivity index (χ4v) is 2.23. The standard InChI is InChI=1S/C13H15N3O4S/c1-9(17)14-11(8-10-6-4-3-5-7-10)12-15-16-13(20-12)21(2,18)19/h3-7,11H,8H2,1-2H3,(H,14,17)/t11-/m0/s1. The smallest absolute Gasteiger partial charge is 0.335 e. The van der Waals surface area contributed by atoms with Crippen LogP contribution in [0.1, 0.15) is 24.4 Å². The minimum atomic E-state index is -3.57. The topological polar surface area (TPSA) is 102 Å². The summed E-state index contributed by atoms with van der Waals surface area (Å²) in [5, 5.41) is 9.44. The summed E-state index contributed by atoms with van der Waals surface area (Å²) in [5.41, 5.74) is 0.954. The lowest BCUT2D eigenvalue weighted by Gasteiger charge is -2.13. The summed E-state index contributed by atoms with van der Waals surface area (Å²) < 4.78 is 27.9. The lowest BCUT2D eigenvalue weighted by Crippen LogP contribution is -2.28. The Bertz CT molecular complexity index is 725. The normalized spacial score (nSPS) is 12.9. The highest BCUT2D eigenvalue weighted by molar-refractivity contribution is 7.90. The molecule has 0 aliphatic heterocycles. The summed E-state index contributed by atoms with van der Waals surface area (Å²) in [5.74, 6) is -0.204. The van der Waals surface area contributed by atoms with E-state index in [1.165, 1.54) is 6.92 Å². The lowest BCUT2D eigenvalue weighted by atomic mass is 10.1. The van der Waals surface area contributed by atoms with Gasteiger partial charge in [0.2, 0.25) is 21.6 Å². The molecule has 1 N–H and O–H groups in total. The molecule has 1 amide bonds. The molecule has 1 aromatic heterocycles. The first-order valence-corrected chi connectivity index (χ1v) is 8.10. The van der Waals surface area contributed by atoms with Crippen LogP contribution in [0.2, 0.25) is 0 Å². The zero-order chi connectivity index (χ0) is 15.5. The second-order valence-corrected chi connectivity index (χ2v) is 6.51. The van der Waals surface area contributed by atoms with E-state index in [0.29, 0.717) is 6.42 Å². The number of nitrogens with one attached hydrogen (secondary N) is 1. The third kappa shape index (κ3) is 4.12. The predicted octanol–water partition coefficient (Wildman–Crippen LogP) is 0.893. The summed E-state index contributed by atoms with van der Waals surface area (Å²) >= 11 is 0. The molecular weight excluding hydrogens is 294 g/mol. The Labute approximate surface area is 122 Å². The van der Waals surface area contributed by atoms with Crippen molar-refractivity contribution >= 4 is 15.7 Å². The van der Waals surface area contributed by atoms with Gasteiger partial charge >= 0.3 is 5.22 Å². The van der Waals surface area contributed by atoms with Crippen molar-refractivity contribution in [3.63, 3.8) is 0 Å². The first-order chi connectivity index (χ1) is 9.86. The predicted molar refractivity (Wildman–Crippen MR) is 74.1 cm³/mol.